The van der Waals surface area contributed by atoms with Gasteiger partial charge in [0.2, 0.25) is 0 Å². The van der Waals surface area contributed by atoms with E-state index in [2.05, 4.69) is 0 Å². The van der Waals surface area contributed by atoms with Crippen LogP contribution in [0.4, 0.5) is 0 Å². The Morgan fingerprint density at radius 3 is 2.33 bits per heavy atom. The molecule has 1 aromatic rings. The van der Waals surface area contributed by atoms with Gasteiger partial charge < -0.3 is 25.2 Å². The lowest BCUT2D eigenvalue weighted by Gasteiger charge is -2.16. The highest BCUT2D eigenvalue weighted by Crippen LogP contribution is 2.35. The summed E-state index contributed by atoms with van der Waals surface area (Å²) in [5.74, 6) is 0.400. The molecule has 5 nitrogen and oxygen atoms in total. The Kier molecular flexibility index (Phi) is 7.98. The van der Waals surface area contributed by atoms with E-state index in [9.17, 15) is 20.4 Å². The zero-order valence-corrected chi connectivity index (χ0v) is 14.8. The fourth-order valence-corrected chi connectivity index (χ4v) is 2.61. The van der Waals surface area contributed by atoms with Crippen LogP contribution in [0.15, 0.2) is 29.4 Å². The Bertz CT molecular complexity index is 613. The van der Waals surface area contributed by atoms with Crippen LogP contribution in [0.25, 0.3) is 0 Å². The third-order valence-corrected chi connectivity index (χ3v) is 3.82. The van der Waals surface area contributed by atoms with E-state index < -0.39 is 6.10 Å². The van der Waals surface area contributed by atoms with Crippen LogP contribution in [-0.4, -0.2) is 33.6 Å². The van der Waals surface area contributed by atoms with Gasteiger partial charge in [-0.2, -0.15) is 0 Å². The van der Waals surface area contributed by atoms with Crippen LogP contribution in [0.1, 0.15) is 43.9 Å². The molecule has 0 aliphatic rings. The third kappa shape index (κ3) is 5.37. The summed E-state index contributed by atoms with van der Waals surface area (Å²) in [6.07, 6.45) is 4.09. The first-order chi connectivity index (χ1) is 11.3. The summed E-state index contributed by atoms with van der Waals surface area (Å²) in [4.78, 5) is 0. The summed E-state index contributed by atoms with van der Waals surface area (Å²) in [6.45, 7) is 5.14. The molecule has 1 atom stereocenters. The molecule has 0 aromatic heterocycles. The fourth-order valence-electron chi connectivity index (χ4n) is 2.61. The average molecular weight is 336 g/mol. The first kappa shape index (κ1) is 20.2. The fraction of sp³-hybridized carbons (Fsp3) is 0.474. The second-order valence-electron chi connectivity index (χ2n) is 6.13. The van der Waals surface area contributed by atoms with Crippen molar-refractivity contribution in [3.05, 3.63) is 46.1 Å². The Morgan fingerprint density at radius 1 is 1.17 bits per heavy atom. The molecule has 0 aliphatic heterocycles. The maximum Gasteiger partial charge on any atom is 0.128 e. The van der Waals surface area contributed by atoms with E-state index in [4.69, 9.17) is 4.74 Å². The van der Waals surface area contributed by atoms with Gasteiger partial charge in [0.25, 0.3) is 0 Å². The van der Waals surface area contributed by atoms with Crippen molar-refractivity contribution >= 4 is 0 Å². The molecule has 0 radical (unpaired) electrons. The molecule has 1 rings (SSSR count). The van der Waals surface area contributed by atoms with E-state index >= 15 is 0 Å². The molecule has 0 amide bonds. The molecule has 134 valence electrons. The smallest absolute Gasteiger partial charge is 0.128 e. The van der Waals surface area contributed by atoms with Crippen LogP contribution in [-0.2, 0) is 19.6 Å². The number of hydrogen-bond acceptors (Lipinski definition) is 5. The number of aromatic hydroxyl groups is 1. The summed E-state index contributed by atoms with van der Waals surface area (Å²) in [5.41, 5.74) is 3.34. The maximum absolute atomic E-state index is 10.4. The third-order valence-electron chi connectivity index (χ3n) is 3.82. The molecule has 0 saturated carbocycles. The quantitative estimate of drug-likeness (QED) is 0.548. The molecular weight excluding hydrogens is 308 g/mol. The molecule has 0 spiro atoms. The van der Waals surface area contributed by atoms with Gasteiger partial charge in [0.1, 0.15) is 11.5 Å². The number of hydrogen-bond donors (Lipinski definition) is 4. The monoisotopic (exact) mass is 336 g/mol. The van der Waals surface area contributed by atoms with Gasteiger partial charge in [0.05, 0.1) is 26.4 Å². The first-order valence-electron chi connectivity index (χ1n) is 7.95. The number of methoxy groups -OCH3 is 1. The minimum absolute atomic E-state index is 0.0604. The van der Waals surface area contributed by atoms with Gasteiger partial charge in [-0.15, -0.1) is 0 Å². The lowest BCUT2D eigenvalue weighted by atomic mass is 9.98. The molecule has 0 aliphatic carbocycles. The van der Waals surface area contributed by atoms with Crippen LogP contribution in [0.5, 0.6) is 11.5 Å². The minimum Gasteiger partial charge on any atom is -0.507 e. The SMILES string of the molecule is COc1cc(CO)c(CO)c(O)c1CC=C(C)CC(O)C=C(C)C. The Hall–Kier alpha value is -1.82. The van der Waals surface area contributed by atoms with Crippen molar-refractivity contribution in [2.75, 3.05) is 7.11 Å². The molecule has 0 heterocycles. The van der Waals surface area contributed by atoms with Crippen molar-refractivity contribution in [1.29, 1.82) is 0 Å². The molecule has 0 bridgehead atoms. The van der Waals surface area contributed by atoms with Crippen molar-refractivity contribution < 1.29 is 25.2 Å². The van der Waals surface area contributed by atoms with Gasteiger partial charge in [0, 0.05) is 11.1 Å². The lowest BCUT2D eigenvalue weighted by molar-refractivity contribution is 0.222. The zero-order valence-electron chi connectivity index (χ0n) is 14.8. The van der Waals surface area contributed by atoms with Crippen molar-refractivity contribution in [3.8, 4) is 11.5 Å². The maximum atomic E-state index is 10.4. The summed E-state index contributed by atoms with van der Waals surface area (Å²) < 4.78 is 5.29. The van der Waals surface area contributed by atoms with E-state index in [1.54, 1.807) is 12.1 Å². The van der Waals surface area contributed by atoms with E-state index in [0.29, 0.717) is 35.3 Å². The standard InChI is InChI=1S/C19H28O5/c1-12(2)7-15(22)8-13(3)5-6-16-18(24-4)9-14(10-20)17(11-21)19(16)23/h5,7,9,15,20-23H,6,8,10-11H2,1-4H3. The molecule has 4 N–H and O–H groups in total. The number of ether oxygens (including phenoxy) is 1. The molecule has 1 aromatic carbocycles. The highest BCUT2D eigenvalue weighted by atomic mass is 16.5. The number of phenols is 1. The topological polar surface area (TPSA) is 90.2 Å². The van der Waals surface area contributed by atoms with Crippen LogP contribution >= 0.6 is 0 Å². The number of rotatable bonds is 8. The van der Waals surface area contributed by atoms with Gasteiger partial charge in [-0.05, 0) is 45.2 Å². The molecular formula is C19H28O5. The number of allylic oxidation sites excluding steroid dienone is 2. The van der Waals surface area contributed by atoms with E-state index in [-0.39, 0.29) is 19.0 Å². The highest BCUT2D eigenvalue weighted by molar-refractivity contribution is 5.54. The van der Waals surface area contributed by atoms with E-state index in [1.807, 2.05) is 26.8 Å². The summed E-state index contributed by atoms with van der Waals surface area (Å²) in [6, 6.07) is 1.63. The van der Waals surface area contributed by atoms with E-state index in [1.165, 1.54) is 7.11 Å². The Labute approximate surface area is 143 Å². The lowest BCUT2D eigenvalue weighted by Crippen LogP contribution is -2.04. The largest absolute Gasteiger partial charge is 0.507 e. The minimum atomic E-state index is -0.536. The number of benzene rings is 1. The number of aliphatic hydroxyl groups is 3. The molecule has 0 fully saturated rings. The molecule has 5 heteroatoms. The summed E-state index contributed by atoms with van der Waals surface area (Å²) in [5, 5.41) is 39.1. The average Bonchev–Trinajstić information content (AvgIpc) is 2.51. The predicted octanol–water partition coefficient (Wildman–Crippen LogP) is 2.59. The second kappa shape index (κ2) is 9.47. The van der Waals surface area contributed by atoms with Crippen molar-refractivity contribution in [3.63, 3.8) is 0 Å². The van der Waals surface area contributed by atoms with Crippen molar-refractivity contribution in [2.24, 2.45) is 0 Å². The van der Waals surface area contributed by atoms with Crippen molar-refractivity contribution in [2.45, 2.75) is 52.9 Å². The summed E-state index contributed by atoms with van der Waals surface area (Å²) >= 11 is 0. The van der Waals surface area contributed by atoms with Crippen molar-refractivity contribution in [1.82, 2.24) is 0 Å². The van der Waals surface area contributed by atoms with Crippen LogP contribution < -0.4 is 4.74 Å². The Balaban J connectivity index is 3.06. The van der Waals surface area contributed by atoms with E-state index in [0.717, 1.165) is 11.1 Å². The highest BCUT2D eigenvalue weighted by Gasteiger charge is 2.17. The molecule has 0 saturated heterocycles. The van der Waals surface area contributed by atoms with Gasteiger partial charge in [-0.3, -0.25) is 0 Å². The van der Waals surface area contributed by atoms with Gasteiger partial charge >= 0.3 is 0 Å². The van der Waals surface area contributed by atoms with Crippen LogP contribution in [0, 0.1) is 0 Å². The normalized spacial score (nSPS) is 12.9. The van der Waals surface area contributed by atoms with Gasteiger partial charge in [-0.1, -0.05) is 23.3 Å². The zero-order chi connectivity index (χ0) is 18.3. The Morgan fingerprint density at radius 2 is 1.83 bits per heavy atom. The van der Waals surface area contributed by atoms with Gasteiger partial charge in [-0.25, -0.2) is 0 Å². The molecule has 1 unspecified atom stereocenters. The van der Waals surface area contributed by atoms with Crippen LogP contribution in [0.2, 0.25) is 0 Å². The first-order valence-corrected chi connectivity index (χ1v) is 7.95. The predicted molar refractivity (Wildman–Crippen MR) is 94.0 cm³/mol. The number of aliphatic hydroxyl groups excluding tert-OH is 3. The summed E-state index contributed by atoms with van der Waals surface area (Å²) in [7, 11) is 1.49. The second-order valence-corrected chi connectivity index (χ2v) is 6.13. The van der Waals surface area contributed by atoms with Crippen LogP contribution in [0.3, 0.4) is 0 Å². The molecule has 24 heavy (non-hydrogen) atoms. The van der Waals surface area contributed by atoms with Gasteiger partial charge in [0.15, 0.2) is 0 Å².